The zero-order chi connectivity index (χ0) is 14.5. The second-order valence-corrected chi connectivity index (χ2v) is 4.85. The van der Waals surface area contributed by atoms with Gasteiger partial charge in [0, 0.05) is 5.69 Å². The van der Waals surface area contributed by atoms with Crippen molar-refractivity contribution < 1.29 is 9.53 Å². The Balaban J connectivity index is 2.08. The zero-order valence-electron chi connectivity index (χ0n) is 12.1. The monoisotopic (exact) mass is 269 g/mol. The van der Waals surface area contributed by atoms with Gasteiger partial charge in [0.15, 0.2) is 5.78 Å². The largest absolute Gasteiger partial charge is 0.496 e. The van der Waals surface area contributed by atoms with E-state index < -0.39 is 0 Å². The van der Waals surface area contributed by atoms with Crippen LogP contribution in [0.5, 0.6) is 5.75 Å². The summed E-state index contributed by atoms with van der Waals surface area (Å²) >= 11 is 0. The van der Waals surface area contributed by atoms with Crippen LogP contribution < -0.4 is 10.1 Å². The van der Waals surface area contributed by atoms with Crippen LogP contribution in [0, 0.1) is 13.8 Å². The van der Waals surface area contributed by atoms with Crippen molar-refractivity contribution in [3.05, 3.63) is 59.2 Å². The molecule has 3 heteroatoms. The molecule has 0 aliphatic carbocycles. The van der Waals surface area contributed by atoms with Gasteiger partial charge in [0.05, 0.1) is 19.2 Å². The van der Waals surface area contributed by atoms with Crippen LogP contribution in [-0.4, -0.2) is 19.4 Å². The molecule has 104 valence electrons. The highest BCUT2D eigenvalue weighted by molar-refractivity contribution is 6.01. The van der Waals surface area contributed by atoms with Crippen molar-refractivity contribution >= 4 is 11.5 Å². The second kappa shape index (κ2) is 6.24. The number of aryl methyl sites for hydroxylation is 2. The number of hydrogen-bond acceptors (Lipinski definition) is 3. The summed E-state index contributed by atoms with van der Waals surface area (Å²) in [5.41, 5.74) is 3.80. The minimum atomic E-state index is 0.0196. The van der Waals surface area contributed by atoms with Crippen LogP contribution >= 0.6 is 0 Å². The Morgan fingerprint density at radius 3 is 2.35 bits per heavy atom. The van der Waals surface area contributed by atoms with Crippen molar-refractivity contribution in [2.24, 2.45) is 0 Å². The summed E-state index contributed by atoms with van der Waals surface area (Å²) in [7, 11) is 1.58. The maximum atomic E-state index is 12.3. The van der Waals surface area contributed by atoms with Gasteiger partial charge in [-0.1, -0.05) is 29.3 Å². The van der Waals surface area contributed by atoms with Gasteiger partial charge in [-0.05, 0) is 38.1 Å². The predicted octanol–water partition coefficient (Wildman–Crippen LogP) is 3.61. The molecule has 0 unspecified atom stereocenters. The molecule has 2 aromatic rings. The van der Waals surface area contributed by atoms with Crippen LogP contribution in [0.1, 0.15) is 21.5 Å². The summed E-state index contributed by atoms with van der Waals surface area (Å²) in [6.45, 7) is 4.25. The van der Waals surface area contributed by atoms with Crippen LogP contribution in [0.15, 0.2) is 42.5 Å². The van der Waals surface area contributed by atoms with E-state index in [0.717, 1.165) is 11.3 Å². The highest BCUT2D eigenvalue weighted by Gasteiger charge is 2.12. The highest BCUT2D eigenvalue weighted by atomic mass is 16.5. The van der Waals surface area contributed by atoms with Crippen LogP contribution in [-0.2, 0) is 0 Å². The molecule has 0 fully saturated rings. The molecule has 0 saturated heterocycles. The fourth-order valence-corrected chi connectivity index (χ4v) is 1.99. The Labute approximate surface area is 119 Å². The van der Waals surface area contributed by atoms with E-state index in [1.807, 2.05) is 56.3 Å². The molecule has 1 N–H and O–H groups in total. The summed E-state index contributed by atoms with van der Waals surface area (Å²) in [5, 5.41) is 3.14. The van der Waals surface area contributed by atoms with Gasteiger partial charge in [-0.25, -0.2) is 0 Å². The lowest BCUT2D eigenvalue weighted by atomic mass is 10.1. The normalized spacial score (nSPS) is 10.2. The summed E-state index contributed by atoms with van der Waals surface area (Å²) in [4.78, 5) is 12.3. The molecule has 0 aromatic heterocycles. The summed E-state index contributed by atoms with van der Waals surface area (Å²) in [5.74, 6) is 0.637. The van der Waals surface area contributed by atoms with Gasteiger partial charge < -0.3 is 10.1 Å². The second-order valence-electron chi connectivity index (χ2n) is 4.85. The van der Waals surface area contributed by atoms with Gasteiger partial charge in [-0.15, -0.1) is 0 Å². The van der Waals surface area contributed by atoms with Crippen LogP contribution in [0.3, 0.4) is 0 Å². The van der Waals surface area contributed by atoms with Gasteiger partial charge in [-0.2, -0.15) is 0 Å². The van der Waals surface area contributed by atoms with Crippen LogP contribution in [0.2, 0.25) is 0 Å². The topological polar surface area (TPSA) is 38.3 Å². The predicted molar refractivity (Wildman–Crippen MR) is 81.7 cm³/mol. The Kier molecular flexibility index (Phi) is 4.41. The number of carbonyl (C=O) groups is 1. The van der Waals surface area contributed by atoms with E-state index in [1.54, 1.807) is 7.11 Å². The van der Waals surface area contributed by atoms with Crippen molar-refractivity contribution in [2.75, 3.05) is 19.0 Å². The van der Waals surface area contributed by atoms with Crippen LogP contribution in [0.4, 0.5) is 5.69 Å². The van der Waals surface area contributed by atoms with Crippen LogP contribution in [0.25, 0.3) is 0 Å². The van der Waals surface area contributed by atoms with Crippen molar-refractivity contribution in [3.8, 4) is 5.75 Å². The summed E-state index contributed by atoms with van der Waals surface area (Å²) in [6.07, 6.45) is 0. The first-order chi connectivity index (χ1) is 9.60. The van der Waals surface area contributed by atoms with E-state index in [2.05, 4.69) is 5.32 Å². The quantitative estimate of drug-likeness (QED) is 0.843. The molecule has 2 rings (SSSR count). The molecule has 0 aliphatic rings. The highest BCUT2D eigenvalue weighted by Crippen LogP contribution is 2.20. The Hall–Kier alpha value is -2.29. The zero-order valence-corrected chi connectivity index (χ0v) is 12.1. The minimum Gasteiger partial charge on any atom is -0.496 e. The third-order valence-corrected chi connectivity index (χ3v) is 3.16. The molecular weight excluding hydrogens is 250 g/mol. The summed E-state index contributed by atoms with van der Waals surface area (Å²) in [6, 6.07) is 13.6. The lowest BCUT2D eigenvalue weighted by Crippen LogP contribution is -2.15. The lowest BCUT2D eigenvalue weighted by Gasteiger charge is -2.10. The summed E-state index contributed by atoms with van der Waals surface area (Å²) < 4.78 is 5.24. The van der Waals surface area contributed by atoms with E-state index in [4.69, 9.17) is 4.74 Å². The first kappa shape index (κ1) is 14.1. The molecule has 0 amide bonds. The number of hydrogen-bond donors (Lipinski definition) is 1. The van der Waals surface area contributed by atoms with Gasteiger partial charge >= 0.3 is 0 Å². The number of carbonyl (C=O) groups excluding carboxylic acids is 1. The SMILES string of the molecule is COc1ccc(C)cc1C(=O)CNc1ccc(C)cc1. The molecule has 0 radical (unpaired) electrons. The van der Waals surface area contributed by atoms with E-state index >= 15 is 0 Å². The molecule has 0 aliphatic heterocycles. The maximum Gasteiger partial charge on any atom is 0.185 e. The van der Waals surface area contributed by atoms with Crippen molar-refractivity contribution in [1.29, 1.82) is 0 Å². The Morgan fingerprint density at radius 2 is 1.70 bits per heavy atom. The average molecular weight is 269 g/mol. The van der Waals surface area contributed by atoms with Gasteiger partial charge in [-0.3, -0.25) is 4.79 Å². The van der Waals surface area contributed by atoms with Gasteiger partial charge in [0.1, 0.15) is 5.75 Å². The third-order valence-electron chi connectivity index (χ3n) is 3.16. The smallest absolute Gasteiger partial charge is 0.185 e. The molecule has 3 nitrogen and oxygen atoms in total. The molecule has 0 bridgehead atoms. The number of anilines is 1. The number of benzene rings is 2. The van der Waals surface area contributed by atoms with Gasteiger partial charge in [0.2, 0.25) is 0 Å². The number of rotatable bonds is 5. The van der Waals surface area contributed by atoms with Crippen molar-refractivity contribution in [1.82, 2.24) is 0 Å². The average Bonchev–Trinajstić information content (AvgIpc) is 2.46. The van der Waals surface area contributed by atoms with Crippen molar-refractivity contribution in [3.63, 3.8) is 0 Å². The number of Topliss-reactive ketones (excluding diaryl/α,β-unsaturated/α-hetero) is 1. The molecule has 0 atom stereocenters. The van der Waals surface area contributed by atoms with Gasteiger partial charge in [0.25, 0.3) is 0 Å². The number of nitrogens with one attached hydrogen (secondary N) is 1. The number of ketones is 1. The first-order valence-electron chi connectivity index (χ1n) is 6.58. The van der Waals surface area contributed by atoms with E-state index in [1.165, 1.54) is 5.56 Å². The fraction of sp³-hybridized carbons (Fsp3) is 0.235. The third kappa shape index (κ3) is 3.38. The number of methoxy groups -OCH3 is 1. The molecule has 0 saturated carbocycles. The van der Waals surface area contributed by atoms with E-state index in [0.29, 0.717) is 11.3 Å². The first-order valence-corrected chi connectivity index (χ1v) is 6.58. The lowest BCUT2D eigenvalue weighted by molar-refractivity contribution is 0.100. The van der Waals surface area contributed by atoms with E-state index in [9.17, 15) is 4.79 Å². The minimum absolute atomic E-state index is 0.0196. The fourth-order valence-electron chi connectivity index (χ4n) is 1.99. The Bertz CT molecular complexity index is 603. The molecule has 20 heavy (non-hydrogen) atoms. The van der Waals surface area contributed by atoms with E-state index in [-0.39, 0.29) is 12.3 Å². The standard InChI is InChI=1S/C17H19NO2/c1-12-4-7-14(8-5-12)18-11-16(19)15-10-13(2)6-9-17(15)20-3/h4-10,18H,11H2,1-3H3. The molecule has 2 aromatic carbocycles. The number of ether oxygens (including phenoxy) is 1. The maximum absolute atomic E-state index is 12.3. The Morgan fingerprint density at radius 1 is 1.05 bits per heavy atom. The van der Waals surface area contributed by atoms with Crippen molar-refractivity contribution in [2.45, 2.75) is 13.8 Å². The molecule has 0 spiro atoms. The molecule has 0 heterocycles. The molecular formula is C17H19NO2.